The molecule has 0 spiro atoms. The third-order valence-corrected chi connectivity index (χ3v) is 2.68. The van der Waals surface area contributed by atoms with Crippen LogP contribution in [0.25, 0.3) is 0 Å². The van der Waals surface area contributed by atoms with Crippen molar-refractivity contribution < 1.29 is 4.79 Å². The minimum Gasteiger partial charge on any atom is -0.342 e. The van der Waals surface area contributed by atoms with Gasteiger partial charge in [-0.15, -0.1) is 11.3 Å². The fraction of sp³-hybridized carbons (Fsp3) is 0.111. The number of aromatic amines is 1. The van der Waals surface area contributed by atoms with Crippen molar-refractivity contribution in [2.24, 2.45) is 0 Å². The van der Waals surface area contributed by atoms with E-state index in [0.717, 1.165) is 9.75 Å². The Bertz CT molecular complexity index is 417. The van der Waals surface area contributed by atoms with Crippen LogP contribution in [0.5, 0.6) is 0 Å². The molecule has 13 heavy (non-hydrogen) atoms. The summed E-state index contributed by atoms with van der Waals surface area (Å²) in [5, 5.41) is 0. The Hall–Kier alpha value is -1.42. The number of aryl methyl sites for hydroxylation is 1. The number of nitrogens with zero attached hydrogens (tertiary/aromatic N) is 1. The smallest absolute Gasteiger partial charge is 0.238 e. The van der Waals surface area contributed by atoms with Crippen molar-refractivity contribution in [2.75, 3.05) is 0 Å². The van der Waals surface area contributed by atoms with E-state index < -0.39 is 0 Å². The molecular formula is C9H8N2OS. The van der Waals surface area contributed by atoms with Gasteiger partial charge < -0.3 is 4.98 Å². The summed E-state index contributed by atoms with van der Waals surface area (Å²) >= 11 is 1.48. The van der Waals surface area contributed by atoms with E-state index in [4.69, 9.17) is 0 Å². The van der Waals surface area contributed by atoms with Crippen molar-refractivity contribution in [1.82, 2.24) is 9.97 Å². The summed E-state index contributed by atoms with van der Waals surface area (Å²) in [6.45, 7) is 1.98. The number of aromatic nitrogens is 2. The molecule has 0 fully saturated rings. The van der Waals surface area contributed by atoms with E-state index in [1.807, 2.05) is 19.1 Å². The largest absolute Gasteiger partial charge is 0.342 e. The maximum Gasteiger partial charge on any atom is 0.238 e. The van der Waals surface area contributed by atoms with E-state index in [1.165, 1.54) is 11.3 Å². The Morgan fingerprint density at radius 1 is 1.54 bits per heavy atom. The van der Waals surface area contributed by atoms with Gasteiger partial charge in [-0.3, -0.25) is 4.79 Å². The van der Waals surface area contributed by atoms with Gasteiger partial charge in [-0.05, 0) is 19.1 Å². The zero-order valence-electron chi connectivity index (χ0n) is 7.07. The molecule has 0 saturated heterocycles. The highest BCUT2D eigenvalue weighted by atomic mass is 32.1. The van der Waals surface area contributed by atoms with Gasteiger partial charge in [0, 0.05) is 17.3 Å². The first-order chi connectivity index (χ1) is 6.27. The number of thiophene rings is 1. The molecule has 0 saturated carbocycles. The standard InChI is InChI=1S/C9H8N2OS/c1-6-2-3-7(13-6)8(12)9-10-4-5-11-9/h2-5H,1H3,(H,10,11). The van der Waals surface area contributed by atoms with E-state index >= 15 is 0 Å². The van der Waals surface area contributed by atoms with Gasteiger partial charge >= 0.3 is 0 Å². The third-order valence-electron chi connectivity index (χ3n) is 1.68. The van der Waals surface area contributed by atoms with E-state index in [-0.39, 0.29) is 5.78 Å². The first-order valence-electron chi connectivity index (χ1n) is 3.88. The Morgan fingerprint density at radius 3 is 2.92 bits per heavy atom. The number of hydrogen-bond donors (Lipinski definition) is 1. The van der Waals surface area contributed by atoms with Crippen LogP contribution < -0.4 is 0 Å². The van der Waals surface area contributed by atoms with Crippen LogP contribution in [0.4, 0.5) is 0 Å². The highest BCUT2D eigenvalue weighted by Gasteiger charge is 2.12. The van der Waals surface area contributed by atoms with Crippen LogP contribution >= 0.6 is 11.3 Å². The number of imidazole rings is 1. The average Bonchev–Trinajstić information content (AvgIpc) is 2.72. The lowest BCUT2D eigenvalue weighted by Crippen LogP contribution is -2.00. The maximum absolute atomic E-state index is 11.6. The van der Waals surface area contributed by atoms with E-state index in [1.54, 1.807) is 12.4 Å². The first-order valence-corrected chi connectivity index (χ1v) is 4.69. The maximum atomic E-state index is 11.6. The second-order valence-electron chi connectivity index (χ2n) is 2.68. The fourth-order valence-electron chi connectivity index (χ4n) is 1.06. The Kier molecular flexibility index (Phi) is 1.98. The normalized spacial score (nSPS) is 10.2. The number of nitrogens with one attached hydrogen (secondary N) is 1. The highest BCUT2D eigenvalue weighted by molar-refractivity contribution is 7.14. The molecule has 2 rings (SSSR count). The SMILES string of the molecule is Cc1ccc(C(=O)c2ncc[nH]2)s1. The lowest BCUT2D eigenvalue weighted by atomic mass is 10.3. The second kappa shape index (κ2) is 3.14. The molecule has 0 aliphatic carbocycles. The number of carbonyl (C=O) groups is 1. The van der Waals surface area contributed by atoms with Gasteiger partial charge in [-0.25, -0.2) is 4.98 Å². The minimum absolute atomic E-state index is 0.0388. The topological polar surface area (TPSA) is 45.8 Å². The molecular weight excluding hydrogens is 184 g/mol. The van der Waals surface area contributed by atoms with Gasteiger partial charge in [0.05, 0.1) is 4.88 Å². The lowest BCUT2D eigenvalue weighted by molar-refractivity contribution is 0.103. The molecule has 0 bridgehead atoms. The highest BCUT2D eigenvalue weighted by Crippen LogP contribution is 2.17. The predicted molar refractivity (Wildman–Crippen MR) is 51.1 cm³/mol. The minimum atomic E-state index is -0.0388. The van der Waals surface area contributed by atoms with Crippen LogP contribution in [0.2, 0.25) is 0 Å². The summed E-state index contributed by atoms with van der Waals surface area (Å²) in [7, 11) is 0. The van der Waals surface area contributed by atoms with Crippen molar-refractivity contribution in [1.29, 1.82) is 0 Å². The number of hydrogen-bond acceptors (Lipinski definition) is 3. The van der Waals surface area contributed by atoms with Crippen LogP contribution in [0, 0.1) is 6.92 Å². The molecule has 0 aliphatic rings. The van der Waals surface area contributed by atoms with E-state index in [0.29, 0.717) is 5.82 Å². The zero-order chi connectivity index (χ0) is 9.26. The summed E-state index contributed by atoms with van der Waals surface area (Å²) in [6.07, 6.45) is 3.22. The first kappa shape index (κ1) is 8.19. The summed E-state index contributed by atoms with van der Waals surface area (Å²) < 4.78 is 0. The summed E-state index contributed by atoms with van der Waals surface area (Å²) in [4.78, 5) is 20.2. The fourth-order valence-corrected chi connectivity index (χ4v) is 1.87. The monoisotopic (exact) mass is 192 g/mol. The molecule has 0 aromatic carbocycles. The molecule has 2 aromatic rings. The van der Waals surface area contributed by atoms with Crippen LogP contribution in [0.3, 0.4) is 0 Å². The zero-order valence-corrected chi connectivity index (χ0v) is 7.89. The predicted octanol–water partition coefficient (Wildman–Crippen LogP) is 2.01. The molecule has 0 radical (unpaired) electrons. The Balaban J connectivity index is 2.33. The molecule has 2 aromatic heterocycles. The molecule has 0 amide bonds. The quantitative estimate of drug-likeness (QED) is 0.740. The Morgan fingerprint density at radius 2 is 2.38 bits per heavy atom. The van der Waals surface area contributed by atoms with Crippen LogP contribution in [-0.2, 0) is 0 Å². The van der Waals surface area contributed by atoms with Gasteiger partial charge in [0.2, 0.25) is 5.78 Å². The van der Waals surface area contributed by atoms with Gasteiger partial charge in [0.15, 0.2) is 5.82 Å². The summed E-state index contributed by atoms with van der Waals surface area (Å²) in [6, 6.07) is 3.76. The third kappa shape index (κ3) is 1.53. The number of ketones is 1. The number of carbonyl (C=O) groups excluding carboxylic acids is 1. The van der Waals surface area contributed by atoms with E-state index in [2.05, 4.69) is 9.97 Å². The van der Waals surface area contributed by atoms with Crippen molar-refractivity contribution in [3.63, 3.8) is 0 Å². The van der Waals surface area contributed by atoms with Gasteiger partial charge in [0.25, 0.3) is 0 Å². The summed E-state index contributed by atoms with van der Waals surface area (Å²) in [5.41, 5.74) is 0. The van der Waals surface area contributed by atoms with Crippen molar-refractivity contribution in [2.45, 2.75) is 6.92 Å². The van der Waals surface area contributed by atoms with E-state index in [9.17, 15) is 4.79 Å². The number of rotatable bonds is 2. The van der Waals surface area contributed by atoms with Gasteiger partial charge in [-0.1, -0.05) is 0 Å². The van der Waals surface area contributed by atoms with Gasteiger partial charge in [0.1, 0.15) is 0 Å². The molecule has 4 heteroatoms. The molecule has 0 aliphatic heterocycles. The molecule has 0 unspecified atom stereocenters. The van der Waals surface area contributed by atoms with Crippen LogP contribution in [0.1, 0.15) is 20.4 Å². The van der Waals surface area contributed by atoms with Crippen LogP contribution in [-0.4, -0.2) is 15.8 Å². The second-order valence-corrected chi connectivity index (χ2v) is 3.97. The van der Waals surface area contributed by atoms with Crippen molar-refractivity contribution >= 4 is 17.1 Å². The molecule has 3 nitrogen and oxygen atoms in total. The molecule has 1 N–H and O–H groups in total. The van der Waals surface area contributed by atoms with Crippen molar-refractivity contribution in [3.8, 4) is 0 Å². The summed E-state index contributed by atoms with van der Waals surface area (Å²) in [5.74, 6) is 0.366. The molecule has 66 valence electrons. The average molecular weight is 192 g/mol. The molecule has 2 heterocycles. The van der Waals surface area contributed by atoms with Crippen LogP contribution in [0.15, 0.2) is 24.5 Å². The number of H-pyrrole nitrogens is 1. The molecule has 0 atom stereocenters. The van der Waals surface area contributed by atoms with Crippen molar-refractivity contribution in [3.05, 3.63) is 40.1 Å². The Labute approximate surface area is 79.4 Å². The lowest BCUT2D eigenvalue weighted by Gasteiger charge is -1.90. The van der Waals surface area contributed by atoms with Gasteiger partial charge in [-0.2, -0.15) is 0 Å².